The fourth-order valence-electron chi connectivity index (χ4n) is 1.63. The Morgan fingerprint density at radius 2 is 1.82 bits per heavy atom. The largest absolute Gasteiger partial charge is 0.480 e. The average Bonchev–Trinajstić information content (AvgIpc) is 2.47. The van der Waals surface area contributed by atoms with Gasteiger partial charge in [-0.3, -0.25) is 19.3 Å². The number of imide groups is 1. The summed E-state index contributed by atoms with van der Waals surface area (Å²) in [6, 6.07) is 0. The van der Waals surface area contributed by atoms with Gasteiger partial charge in [-0.2, -0.15) is 0 Å². The van der Waals surface area contributed by atoms with Gasteiger partial charge < -0.3 is 10.0 Å². The van der Waals surface area contributed by atoms with Gasteiger partial charge in [0.05, 0.1) is 0 Å². The van der Waals surface area contributed by atoms with E-state index >= 15 is 0 Å². The molecule has 0 unspecified atom stereocenters. The number of hydrogen-bond acceptors (Lipinski definition) is 4. The molecule has 1 aliphatic heterocycles. The molecule has 0 atom stereocenters. The van der Waals surface area contributed by atoms with Gasteiger partial charge in [-0.1, -0.05) is 11.6 Å². The number of hydrogen-bond donors (Lipinski definition) is 1. The van der Waals surface area contributed by atoms with Crippen molar-refractivity contribution in [3.05, 3.63) is 10.7 Å². The second-order valence-electron chi connectivity index (χ2n) is 3.43. The first kappa shape index (κ1) is 13.5. The van der Waals surface area contributed by atoms with E-state index in [2.05, 4.69) is 0 Å². The zero-order valence-corrected chi connectivity index (χ0v) is 10.3. The Bertz CT molecular complexity index is 401. The van der Waals surface area contributed by atoms with Crippen molar-refractivity contribution in [3.63, 3.8) is 0 Å². The molecule has 7 heteroatoms. The van der Waals surface area contributed by atoms with E-state index in [1.54, 1.807) is 4.90 Å². The molecule has 1 N–H and O–H groups in total. The van der Waals surface area contributed by atoms with Gasteiger partial charge in [0.25, 0.3) is 11.8 Å². The highest BCUT2D eigenvalue weighted by atomic mass is 35.5. The highest BCUT2D eigenvalue weighted by molar-refractivity contribution is 6.47. The third-order valence-electron chi connectivity index (χ3n) is 2.46. The summed E-state index contributed by atoms with van der Waals surface area (Å²) in [4.78, 5) is 36.3. The second-order valence-corrected chi connectivity index (χ2v) is 3.80. The second kappa shape index (κ2) is 5.18. The van der Waals surface area contributed by atoms with Crippen LogP contribution in [-0.2, 0) is 14.4 Å². The van der Waals surface area contributed by atoms with Crippen LogP contribution in [0.2, 0.25) is 0 Å². The van der Waals surface area contributed by atoms with E-state index < -0.39 is 24.3 Å². The van der Waals surface area contributed by atoms with Gasteiger partial charge in [-0.05, 0) is 13.8 Å². The molecule has 17 heavy (non-hydrogen) atoms. The summed E-state index contributed by atoms with van der Waals surface area (Å²) in [5.74, 6) is -2.65. The van der Waals surface area contributed by atoms with Crippen molar-refractivity contribution in [1.29, 1.82) is 0 Å². The molecule has 1 rings (SSSR count). The molecule has 0 radical (unpaired) electrons. The summed E-state index contributed by atoms with van der Waals surface area (Å²) < 4.78 is 0. The van der Waals surface area contributed by atoms with Crippen molar-refractivity contribution >= 4 is 29.4 Å². The lowest BCUT2D eigenvalue weighted by atomic mass is 10.3. The fourth-order valence-corrected chi connectivity index (χ4v) is 1.93. The van der Waals surface area contributed by atoms with Crippen molar-refractivity contribution in [1.82, 2.24) is 9.80 Å². The minimum Gasteiger partial charge on any atom is -0.480 e. The molecule has 2 amide bonds. The first-order valence-corrected chi connectivity index (χ1v) is 5.54. The summed E-state index contributed by atoms with van der Waals surface area (Å²) in [7, 11) is 0. The Kier molecular flexibility index (Phi) is 4.11. The van der Waals surface area contributed by atoms with E-state index in [1.165, 1.54) is 0 Å². The minimum atomic E-state index is -1.25. The first-order valence-electron chi connectivity index (χ1n) is 5.16. The van der Waals surface area contributed by atoms with Crippen LogP contribution in [0.4, 0.5) is 0 Å². The number of carboxylic acids is 1. The van der Waals surface area contributed by atoms with Gasteiger partial charge in [0.2, 0.25) is 0 Å². The third kappa shape index (κ3) is 2.41. The molecule has 6 nitrogen and oxygen atoms in total. The number of halogens is 1. The number of carbonyl (C=O) groups is 3. The number of aliphatic carboxylic acids is 1. The lowest BCUT2D eigenvalue weighted by molar-refractivity contribution is -0.148. The molecule has 0 spiro atoms. The Hall–Kier alpha value is -1.56. The fraction of sp³-hybridized carbons (Fsp3) is 0.500. The number of carboxylic acid groups (broad SMARTS) is 1. The van der Waals surface area contributed by atoms with Gasteiger partial charge in [0, 0.05) is 13.1 Å². The van der Waals surface area contributed by atoms with E-state index in [0.29, 0.717) is 18.0 Å². The number of nitrogens with zero attached hydrogens (tertiary/aromatic N) is 2. The quantitative estimate of drug-likeness (QED) is 0.716. The van der Waals surface area contributed by atoms with Crippen LogP contribution in [0.15, 0.2) is 10.7 Å². The van der Waals surface area contributed by atoms with Crippen molar-refractivity contribution in [2.45, 2.75) is 13.8 Å². The molecule has 0 bridgehead atoms. The van der Waals surface area contributed by atoms with Crippen LogP contribution < -0.4 is 0 Å². The van der Waals surface area contributed by atoms with Gasteiger partial charge in [0.15, 0.2) is 0 Å². The summed E-state index contributed by atoms with van der Waals surface area (Å²) in [6.07, 6.45) is 0. The van der Waals surface area contributed by atoms with Crippen LogP contribution in [0.5, 0.6) is 0 Å². The molecule has 0 aliphatic carbocycles. The summed E-state index contributed by atoms with van der Waals surface area (Å²) in [5, 5.41) is 8.41. The van der Waals surface area contributed by atoms with Gasteiger partial charge in [0.1, 0.15) is 17.3 Å². The number of carbonyl (C=O) groups excluding carboxylic acids is 2. The van der Waals surface area contributed by atoms with E-state index in [-0.39, 0.29) is 10.7 Å². The maximum Gasteiger partial charge on any atom is 0.323 e. The number of likely N-dealkylation sites (N-methyl/N-ethyl adjacent to an activating group) is 1. The predicted octanol–water partition coefficient (Wildman–Crippen LogP) is 0.232. The lowest BCUT2D eigenvalue weighted by Crippen LogP contribution is -2.38. The molecule has 0 aromatic rings. The van der Waals surface area contributed by atoms with Crippen molar-refractivity contribution < 1.29 is 19.5 Å². The summed E-state index contributed by atoms with van der Waals surface area (Å²) in [5.41, 5.74) is 0.0860. The SMILES string of the molecule is CCN(CC)C1=C(Cl)C(=O)N(CC(=O)O)C1=O. The van der Waals surface area contributed by atoms with Crippen LogP contribution in [-0.4, -0.2) is 52.3 Å². The number of rotatable bonds is 5. The maximum atomic E-state index is 11.9. The zero-order chi connectivity index (χ0) is 13.2. The summed E-state index contributed by atoms with van der Waals surface area (Å²) in [6.45, 7) is 4.00. The lowest BCUT2D eigenvalue weighted by Gasteiger charge is -2.21. The molecule has 0 aromatic heterocycles. The van der Waals surface area contributed by atoms with E-state index in [1.807, 2.05) is 13.8 Å². The van der Waals surface area contributed by atoms with Crippen molar-refractivity contribution in [2.24, 2.45) is 0 Å². The van der Waals surface area contributed by atoms with E-state index in [9.17, 15) is 14.4 Å². The topological polar surface area (TPSA) is 77.9 Å². The van der Waals surface area contributed by atoms with Gasteiger partial charge in [-0.15, -0.1) is 0 Å². The first-order chi connectivity index (χ1) is 7.93. The van der Waals surface area contributed by atoms with E-state index in [4.69, 9.17) is 16.7 Å². The molecule has 1 heterocycles. The third-order valence-corrected chi connectivity index (χ3v) is 2.80. The monoisotopic (exact) mass is 260 g/mol. The average molecular weight is 261 g/mol. The smallest absolute Gasteiger partial charge is 0.323 e. The zero-order valence-electron chi connectivity index (χ0n) is 9.57. The Morgan fingerprint density at radius 3 is 2.24 bits per heavy atom. The standard InChI is InChI=1S/C10H13ClN2O4/c1-3-12(4-2)8-7(11)9(16)13(10(8)17)5-6(14)15/h3-5H2,1-2H3,(H,14,15). The molecule has 94 valence electrons. The van der Waals surface area contributed by atoms with Crippen LogP contribution >= 0.6 is 11.6 Å². The van der Waals surface area contributed by atoms with Crippen molar-refractivity contribution in [3.8, 4) is 0 Å². The van der Waals surface area contributed by atoms with E-state index in [0.717, 1.165) is 0 Å². The Balaban J connectivity index is 3.04. The van der Waals surface area contributed by atoms with Crippen LogP contribution in [0, 0.1) is 0 Å². The molecular formula is C10H13ClN2O4. The normalized spacial score (nSPS) is 15.8. The molecule has 0 aromatic carbocycles. The molecule has 0 saturated carbocycles. The molecule has 0 fully saturated rings. The van der Waals surface area contributed by atoms with Crippen LogP contribution in [0.25, 0.3) is 0 Å². The van der Waals surface area contributed by atoms with Gasteiger partial charge >= 0.3 is 5.97 Å². The minimum absolute atomic E-state index is 0.0860. The van der Waals surface area contributed by atoms with Crippen LogP contribution in [0.3, 0.4) is 0 Å². The highest BCUT2D eigenvalue weighted by Gasteiger charge is 2.40. The Labute approximate surface area is 103 Å². The van der Waals surface area contributed by atoms with Crippen molar-refractivity contribution in [2.75, 3.05) is 19.6 Å². The predicted molar refractivity (Wildman–Crippen MR) is 60.2 cm³/mol. The van der Waals surface area contributed by atoms with Gasteiger partial charge in [-0.25, -0.2) is 0 Å². The highest BCUT2D eigenvalue weighted by Crippen LogP contribution is 2.26. The number of amides is 2. The van der Waals surface area contributed by atoms with Crippen LogP contribution in [0.1, 0.15) is 13.8 Å². The molecule has 1 aliphatic rings. The maximum absolute atomic E-state index is 11.9. The molecular weight excluding hydrogens is 248 g/mol. The summed E-state index contributed by atoms with van der Waals surface area (Å²) >= 11 is 5.79. The molecule has 0 saturated heterocycles. The Morgan fingerprint density at radius 1 is 1.29 bits per heavy atom.